The van der Waals surface area contributed by atoms with Crippen LogP contribution in [0.15, 0.2) is 10.5 Å². The van der Waals surface area contributed by atoms with Gasteiger partial charge in [-0.05, 0) is 17.9 Å². The SMILES string of the molecule is Cc1cc(C)c(C(C)(C)C)c(C)[o+]1. The van der Waals surface area contributed by atoms with Crippen LogP contribution in [-0.2, 0) is 5.41 Å². The zero-order valence-electron chi connectivity index (χ0n) is 9.49. The second-order valence-electron chi connectivity index (χ2n) is 4.72. The highest BCUT2D eigenvalue weighted by Crippen LogP contribution is 2.29. The second-order valence-corrected chi connectivity index (χ2v) is 4.72. The van der Waals surface area contributed by atoms with Gasteiger partial charge < -0.3 is 0 Å². The Balaban J connectivity index is 3.38. The fraction of sp³-hybridized carbons (Fsp3) is 0.583. The average molecular weight is 179 g/mol. The lowest BCUT2D eigenvalue weighted by atomic mass is 9.83. The molecular formula is C12H19O+. The summed E-state index contributed by atoms with van der Waals surface area (Å²) in [4.78, 5) is 0. The van der Waals surface area contributed by atoms with E-state index in [2.05, 4.69) is 33.8 Å². The minimum absolute atomic E-state index is 0.172. The van der Waals surface area contributed by atoms with E-state index in [0.717, 1.165) is 11.5 Å². The topological polar surface area (TPSA) is 11.3 Å². The Bertz CT molecular complexity index is 295. The Morgan fingerprint density at radius 3 is 2.00 bits per heavy atom. The number of hydrogen-bond acceptors (Lipinski definition) is 0. The predicted molar refractivity (Wildman–Crippen MR) is 56.0 cm³/mol. The monoisotopic (exact) mass is 179 g/mol. The van der Waals surface area contributed by atoms with Gasteiger partial charge in [-0.25, -0.2) is 4.42 Å². The van der Waals surface area contributed by atoms with Gasteiger partial charge in [0.25, 0.3) is 0 Å². The summed E-state index contributed by atoms with van der Waals surface area (Å²) in [6, 6.07) is 2.10. The Hall–Kier alpha value is -0.850. The van der Waals surface area contributed by atoms with Crippen molar-refractivity contribution in [1.29, 1.82) is 0 Å². The molecule has 13 heavy (non-hydrogen) atoms. The molecule has 0 aliphatic carbocycles. The molecule has 1 heteroatoms. The first-order valence-corrected chi connectivity index (χ1v) is 4.74. The third-order valence-electron chi connectivity index (χ3n) is 2.23. The first-order chi connectivity index (χ1) is 5.82. The van der Waals surface area contributed by atoms with Crippen molar-refractivity contribution < 1.29 is 4.42 Å². The van der Waals surface area contributed by atoms with Gasteiger partial charge in [0.1, 0.15) is 0 Å². The largest absolute Gasteiger partial charge is 0.330 e. The molecule has 72 valence electrons. The van der Waals surface area contributed by atoms with Gasteiger partial charge >= 0.3 is 11.5 Å². The van der Waals surface area contributed by atoms with Crippen molar-refractivity contribution in [2.75, 3.05) is 0 Å². The van der Waals surface area contributed by atoms with Crippen LogP contribution < -0.4 is 0 Å². The molecule has 1 aromatic rings. The van der Waals surface area contributed by atoms with Crippen LogP contribution in [-0.4, -0.2) is 0 Å². The standard InChI is InChI=1S/C12H19O/c1-8-7-9(2)13-10(3)11(8)12(4,5)6/h7H,1-6H3/q+1. The summed E-state index contributed by atoms with van der Waals surface area (Å²) in [6.45, 7) is 12.8. The first-order valence-electron chi connectivity index (χ1n) is 4.74. The summed E-state index contributed by atoms with van der Waals surface area (Å²) in [6.07, 6.45) is 0. The lowest BCUT2D eigenvalue weighted by molar-refractivity contribution is 0.451. The third kappa shape index (κ3) is 2.09. The first kappa shape index (κ1) is 10.2. The quantitative estimate of drug-likeness (QED) is 0.551. The lowest BCUT2D eigenvalue weighted by Crippen LogP contribution is -2.15. The van der Waals surface area contributed by atoms with Crippen molar-refractivity contribution in [3.63, 3.8) is 0 Å². The molecule has 1 nitrogen and oxygen atoms in total. The molecule has 0 bridgehead atoms. The van der Waals surface area contributed by atoms with Gasteiger partial charge in [0, 0.05) is 6.07 Å². The Morgan fingerprint density at radius 2 is 1.62 bits per heavy atom. The van der Waals surface area contributed by atoms with Crippen LogP contribution in [0.4, 0.5) is 0 Å². The van der Waals surface area contributed by atoms with E-state index in [4.69, 9.17) is 4.42 Å². The molecule has 0 aliphatic heterocycles. The van der Waals surface area contributed by atoms with Gasteiger partial charge in [-0.3, -0.25) is 0 Å². The highest BCUT2D eigenvalue weighted by Gasteiger charge is 2.26. The Kier molecular flexibility index (Phi) is 2.47. The molecule has 0 saturated carbocycles. The van der Waals surface area contributed by atoms with Gasteiger partial charge in [-0.15, -0.1) is 0 Å². The maximum atomic E-state index is 5.62. The number of hydrogen-bond donors (Lipinski definition) is 0. The zero-order valence-corrected chi connectivity index (χ0v) is 9.49. The third-order valence-corrected chi connectivity index (χ3v) is 2.23. The Labute approximate surface area is 80.8 Å². The molecule has 0 saturated heterocycles. The van der Waals surface area contributed by atoms with E-state index in [1.54, 1.807) is 0 Å². The van der Waals surface area contributed by atoms with Crippen molar-refractivity contribution in [1.82, 2.24) is 0 Å². The van der Waals surface area contributed by atoms with Gasteiger partial charge in [0.2, 0.25) is 0 Å². The van der Waals surface area contributed by atoms with Crippen molar-refractivity contribution in [3.05, 3.63) is 28.7 Å². The summed E-state index contributed by atoms with van der Waals surface area (Å²) in [5.74, 6) is 2.04. The van der Waals surface area contributed by atoms with Gasteiger partial charge in [0.05, 0.1) is 19.4 Å². The Morgan fingerprint density at radius 1 is 1.08 bits per heavy atom. The van der Waals surface area contributed by atoms with E-state index in [0.29, 0.717) is 0 Å². The van der Waals surface area contributed by atoms with Crippen LogP contribution in [0.2, 0.25) is 0 Å². The van der Waals surface area contributed by atoms with Crippen LogP contribution >= 0.6 is 0 Å². The number of rotatable bonds is 0. The van der Waals surface area contributed by atoms with Crippen molar-refractivity contribution in [2.45, 2.75) is 47.0 Å². The maximum absolute atomic E-state index is 5.62. The molecule has 1 rings (SSSR count). The van der Waals surface area contributed by atoms with E-state index in [9.17, 15) is 0 Å². The second kappa shape index (κ2) is 3.13. The van der Waals surface area contributed by atoms with Crippen LogP contribution in [0.3, 0.4) is 0 Å². The lowest BCUT2D eigenvalue weighted by Gasteiger charge is -2.18. The van der Waals surface area contributed by atoms with Crippen molar-refractivity contribution >= 4 is 0 Å². The molecule has 0 spiro atoms. The van der Waals surface area contributed by atoms with Crippen molar-refractivity contribution in [2.24, 2.45) is 0 Å². The van der Waals surface area contributed by atoms with Crippen LogP contribution in [0.5, 0.6) is 0 Å². The summed E-state index contributed by atoms with van der Waals surface area (Å²) < 4.78 is 5.62. The molecule has 0 fully saturated rings. The molecule has 0 unspecified atom stereocenters. The highest BCUT2D eigenvalue weighted by molar-refractivity contribution is 5.34. The fourth-order valence-electron chi connectivity index (χ4n) is 2.10. The number of aryl methyl sites for hydroxylation is 3. The summed E-state index contributed by atoms with van der Waals surface area (Å²) in [5.41, 5.74) is 2.83. The van der Waals surface area contributed by atoms with E-state index in [1.807, 2.05) is 13.8 Å². The van der Waals surface area contributed by atoms with E-state index in [-0.39, 0.29) is 5.41 Å². The molecule has 1 heterocycles. The molecule has 0 aromatic carbocycles. The van der Waals surface area contributed by atoms with Crippen LogP contribution in [0.1, 0.15) is 43.4 Å². The van der Waals surface area contributed by atoms with E-state index < -0.39 is 0 Å². The molecule has 0 atom stereocenters. The van der Waals surface area contributed by atoms with Crippen LogP contribution in [0, 0.1) is 20.8 Å². The summed E-state index contributed by atoms with van der Waals surface area (Å²) in [5, 5.41) is 0. The predicted octanol–water partition coefficient (Wildman–Crippen LogP) is 3.78. The van der Waals surface area contributed by atoms with Gasteiger partial charge in [-0.1, -0.05) is 20.8 Å². The normalized spacial score (nSPS) is 11.8. The highest BCUT2D eigenvalue weighted by atomic mass is 16.3. The average Bonchev–Trinajstić information content (AvgIpc) is 1.78. The van der Waals surface area contributed by atoms with E-state index in [1.165, 1.54) is 11.1 Å². The molecule has 0 N–H and O–H groups in total. The molecule has 1 aromatic heterocycles. The smallest absolute Gasteiger partial charge is 0.218 e. The zero-order chi connectivity index (χ0) is 10.2. The fourth-order valence-corrected chi connectivity index (χ4v) is 2.10. The minimum Gasteiger partial charge on any atom is -0.218 e. The van der Waals surface area contributed by atoms with Crippen molar-refractivity contribution in [3.8, 4) is 0 Å². The molecular weight excluding hydrogens is 160 g/mol. The molecule has 0 radical (unpaired) electrons. The van der Waals surface area contributed by atoms with Crippen LogP contribution in [0.25, 0.3) is 0 Å². The summed E-state index contributed by atoms with van der Waals surface area (Å²) >= 11 is 0. The summed E-state index contributed by atoms with van der Waals surface area (Å²) in [7, 11) is 0. The van der Waals surface area contributed by atoms with Gasteiger partial charge in [-0.2, -0.15) is 0 Å². The van der Waals surface area contributed by atoms with Gasteiger partial charge in [0.15, 0.2) is 0 Å². The molecule has 0 amide bonds. The molecule has 0 aliphatic rings. The maximum Gasteiger partial charge on any atom is 0.330 e. The minimum atomic E-state index is 0.172. The van der Waals surface area contributed by atoms with E-state index >= 15 is 0 Å².